The maximum Gasteiger partial charge on any atom is 0.228 e. The molecule has 1 saturated carbocycles. The van der Waals surface area contributed by atoms with E-state index in [1.807, 2.05) is 18.3 Å². The lowest BCUT2D eigenvalue weighted by Crippen LogP contribution is -2.65. The van der Waals surface area contributed by atoms with Gasteiger partial charge in [0.1, 0.15) is 0 Å². The molecule has 1 aromatic heterocycles. The van der Waals surface area contributed by atoms with Crippen LogP contribution in [0.25, 0.3) is 0 Å². The minimum absolute atomic E-state index is 0.221. The molecule has 0 aromatic carbocycles. The van der Waals surface area contributed by atoms with Gasteiger partial charge in [-0.3, -0.25) is 14.7 Å². The quantitative estimate of drug-likeness (QED) is 0.848. The van der Waals surface area contributed by atoms with Crippen molar-refractivity contribution in [3.05, 3.63) is 30.1 Å². The standard InChI is InChI=1S/C23H36N4O/c1-26-14-11-23(22(28)25-16-20-9-5-12-24-15-20)10-6-13-27(21(23)18-26)17-19-7-3-2-4-8-19/h5,9,12,15,19,21H,2-4,6-8,10-11,13-14,16-18H2,1H3,(H,25,28)/t21-,23+/m0/s1. The lowest BCUT2D eigenvalue weighted by atomic mass is 9.67. The van der Waals surface area contributed by atoms with Gasteiger partial charge in [0, 0.05) is 38.1 Å². The highest BCUT2D eigenvalue weighted by Crippen LogP contribution is 2.43. The molecular formula is C23H36N4O. The Morgan fingerprint density at radius 1 is 1.21 bits per heavy atom. The molecule has 3 aliphatic rings. The molecule has 2 saturated heterocycles. The topological polar surface area (TPSA) is 48.5 Å². The van der Waals surface area contributed by atoms with Crippen molar-refractivity contribution in [1.82, 2.24) is 20.1 Å². The molecule has 0 spiro atoms. The number of hydrogen-bond acceptors (Lipinski definition) is 4. The van der Waals surface area contributed by atoms with Crippen molar-refractivity contribution in [2.75, 3.05) is 33.2 Å². The molecule has 0 unspecified atom stereocenters. The summed E-state index contributed by atoms with van der Waals surface area (Å²) in [5.74, 6) is 1.10. The first kappa shape index (κ1) is 19.8. The zero-order chi connectivity index (χ0) is 19.4. The number of fused-ring (bicyclic) bond motifs is 1. The summed E-state index contributed by atoms with van der Waals surface area (Å²) in [5.41, 5.74) is 0.855. The Balaban J connectivity index is 1.47. The van der Waals surface area contributed by atoms with Crippen molar-refractivity contribution < 1.29 is 4.79 Å². The Labute approximate surface area is 169 Å². The predicted molar refractivity (Wildman–Crippen MR) is 112 cm³/mol. The summed E-state index contributed by atoms with van der Waals surface area (Å²) in [5, 5.41) is 3.27. The first-order chi connectivity index (χ1) is 13.7. The van der Waals surface area contributed by atoms with Crippen LogP contribution in [0.3, 0.4) is 0 Å². The second kappa shape index (κ2) is 8.91. The number of nitrogens with one attached hydrogen (secondary N) is 1. The van der Waals surface area contributed by atoms with Crippen LogP contribution in [0.15, 0.2) is 24.5 Å². The second-order valence-corrected chi connectivity index (χ2v) is 9.33. The lowest BCUT2D eigenvalue weighted by molar-refractivity contribution is -0.145. The SMILES string of the molecule is CN1CC[C@]2(C(=O)NCc3cccnc3)CCCN(CC3CCCCC3)[C@H]2C1. The molecule has 0 radical (unpaired) electrons. The van der Waals surface area contributed by atoms with Gasteiger partial charge in [0.2, 0.25) is 5.91 Å². The number of pyridine rings is 1. The van der Waals surface area contributed by atoms with Crippen molar-refractivity contribution in [2.24, 2.45) is 11.3 Å². The molecule has 2 aliphatic heterocycles. The van der Waals surface area contributed by atoms with Gasteiger partial charge >= 0.3 is 0 Å². The van der Waals surface area contributed by atoms with Gasteiger partial charge in [0.05, 0.1) is 5.41 Å². The molecule has 1 aromatic rings. The van der Waals surface area contributed by atoms with E-state index in [0.717, 1.165) is 50.4 Å². The number of carbonyl (C=O) groups is 1. The zero-order valence-corrected chi connectivity index (χ0v) is 17.4. The predicted octanol–water partition coefficient (Wildman–Crippen LogP) is 3.06. The number of amides is 1. The number of piperidine rings is 2. The molecule has 2 atom stereocenters. The highest BCUT2D eigenvalue weighted by atomic mass is 16.2. The number of hydrogen-bond donors (Lipinski definition) is 1. The van der Waals surface area contributed by atoms with E-state index in [-0.39, 0.29) is 11.3 Å². The van der Waals surface area contributed by atoms with E-state index in [1.165, 1.54) is 38.6 Å². The summed E-state index contributed by atoms with van der Waals surface area (Å²) in [4.78, 5) is 22.8. The van der Waals surface area contributed by atoms with Crippen LogP contribution in [-0.4, -0.2) is 60.0 Å². The molecule has 28 heavy (non-hydrogen) atoms. The van der Waals surface area contributed by atoms with Gasteiger partial charge in [0.25, 0.3) is 0 Å². The summed E-state index contributed by atoms with van der Waals surface area (Å²) >= 11 is 0. The molecule has 1 aliphatic carbocycles. The van der Waals surface area contributed by atoms with Gasteiger partial charge in [-0.1, -0.05) is 25.3 Å². The average molecular weight is 385 g/mol. The molecule has 3 fully saturated rings. The number of nitrogens with zero attached hydrogens (tertiary/aromatic N) is 3. The van der Waals surface area contributed by atoms with Gasteiger partial charge in [-0.25, -0.2) is 0 Å². The number of likely N-dealkylation sites (N-methyl/N-ethyl adjacent to an activating group) is 1. The lowest BCUT2D eigenvalue weighted by Gasteiger charge is -2.54. The molecule has 1 N–H and O–H groups in total. The van der Waals surface area contributed by atoms with Crippen molar-refractivity contribution in [3.8, 4) is 0 Å². The molecule has 3 heterocycles. The van der Waals surface area contributed by atoms with Gasteiger partial charge in [-0.2, -0.15) is 0 Å². The third kappa shape index (κ3) is 4.25. The number of likely N-dealkylation sites (tertiary alicyclic amines) is 2. The fourth-order valence-electron chi connectivity index (χ4n) is 5.79. The first-order valence-electron chi connectivity index (χ1n) is 11.3. The van der Waals surface area contributed by atoms with Crippen LogP contribution in [0.1, 0.15) is 56.9 Å². The van der Waals surface area contributed by atoms with E-state index in [9.17, 15) is 4.79 Å². The van der Waals surface area contributed by atoms with Crippen LogP contribution < -0.4 is 5.32 Å². The van der Waals surface area contributed by atoms with Crippen molar-refractivity contribution in [1.29, 1.82) is 0 Å². The Hall–Kier alpha value is -1.46. The maximum absolute atomic E-state index is 13.5. The normalized spacial score (nSPS) is 30.0. The number of aromatic nitrogens is 1. The molecule has 1 amide bonds. The number of carbonyl (C=O) groups excluding carboxylic acids is 1. The van der Waals surface area contributed by atoms with Crippen LogP contribution in [0.2, 0.25) is 0 Å². The van der Waals surface area contributed by atoms with Crippen molar-refractivity contribution in [2.45, 2.75) is 64.0 Å². The molecule has 154 valence electrons. The summed E-state index contributed by atoms with van der Waals surface area (Å²) in [6.07, 6.45) is 13.7. The Morgan fingerprint density at radius 3 is 2.86 bits per heavy atom. The third-order valence-electron chi connectivity index (χ3n) is 7.42. The van der Waals surface area contributed by atoms with E-state index >= 15 is 0 Å². The van der Waals surface area contributed by atoms with E-state index in [0.29, 0.717) is 12.6 Å². The molecular weight excluding hydrogens is 348 g/mol. The van der Waals surface area contributed by atoms with Gasteiger partial charge in [0.15, 0.2) is 0 Å². The summed E-state index contributed by atoms with van der Waals surface area (Å²) in [7, 11) is 2.21. The van der Waals surface area contributed by atoms with Gasteiger partial charge < -0.3 is 10.2 Å². The third-order valence-corrected chi connectivity index (χ3v) is 7.42. The molecule has 0 bridgehead atoms. The summed E-state index contributed by atoms with van der Waals surface area (Å²) in [6, 6.07) is 4.33. The van der Waals surface area contributed by atoms with Crippen LogP contribution in [0.4, 0.5) is 0 Å². The Bertz CT molecular complexity index is 645. The van der Waals surface area contributed by atoms with Crippen LogP contribution in [-0.2, 0) is 11.3 Å². The second-order valence-electron chi connectivity index (χ2n) is 9.33. The minimum Gasteiger partial charge on any atom is -0.351 e. The summed E-state index contributed by atoms with van der Waals surface area (Å²) in [6.45, 7) is 4.98. The van der Waals surface area contributed by atoms with Gasteiger partial charge in [-0.05, 0) is 69.8 Å². The van der Waals surface area contributed by atoms with Crippen LogP contribution in [0.5, 0.6) is 0 Å². The highest BCUT2D eigenvalue weighted by Gasteiger charge is 2.52. The fourth-order valence-corrected chi connectivity index (χ4v) is 5.79. The van der Waals surface area contributed by atoms with Gasteiger partial charge in [-0.15, -0.1) is 0 Å². The smallest absolute Gasteiger partial charge is 0.228 e. The fraction of sp³-hybridized carbons (Fsp3) is 0.739. The minimum atomic E-state index is -0.221. The van der Waals surface area contributed by atoms with E-state index in [2.05, 4.69) is 27.1 Å². The largest absolute Gasteiger partial charge is 0.351 e. The average Bonchev–Trinajstić information content (AvgIpc) is 2.74. The monoisotopic (exact) mass is 384 g/mol. The first-order valence-corrected chi connectivity index (χ1v) is 11.3. The van der Waals surface area contributed by atoms with Crippen molar-refractivity contribution >= 4 is 5.91 Å². The molecule has 5 nitrogen and oxygen atoms in total. The highest BCUT2D eigenvalue weighted by molar-refractivity contribution is 5.84. The Kier molecular flexibility index (Phi) is 6.32. The summed E-state index contributed by atoms with van der Waals surface area (Å²) < 4.78 is 0. The van der Waals surface area contributed by atoms with E-state index in [4.69, 9.17) is 0 Å². The van der Waals surface area contributed by atoms with Crippen molar-refractivity contribution in [3.63, 3.8) is 0 Å². The Morgan fingerprint density at radius 2 is 2.07 bits per heavy atom. The van der Waals surface area contributed by atoms with E-state index < -0.39 is 0 Å². The zero-order valence-electron chi connectivity index (χ0n) is 17.4. The number of rotatable bonds is 5. The van der Waals surface area contributed by atoms with E-state index in [1.54, 1.807) is 6.20 Å². The maximum atomic E-state index is 13.5. The van der Waals surface area contributed by atoms with Crippen LogP contribution in [0, 0.1) is 11.3 Å². The molecule has 4 rings (SSSR count). The molecule has 5 heteroatoms. The van der Waals surface area contributed by atoms with Crippen LogP contribution >= 0.6 is 0 Å².